The Bertz CT molecular complexity index is 739. The van der Waals surface area contributed by atoms with Crippen LogP contribution in [0.4, 0.5) is 5.82 Å². The zero-order chi connectivity index (χ0) is 13.2. The molecule has 0 saturated carbocycles. The molecule has 0 saturated heterocycles. The third-order valence-electron chi connectivity index (χ3n) is 2.55. The number of aromatic nitrogens is 4. The molecule has 0 aromatic carbocycles. The molecule has 0 aliphatic rings. The lowest BCUT2D eigenvalue weighted by atomic mass is 10.2. The fraction of sp³-hybridized carbons (Fsp3) is 0. The maximum atomic E-state index is 9.20. The topological polar surface area (TPSA) is 107 Å². The highest BCUT2D eigenvalue weighted by Crippen LogP contribution is 2.28. The molecule has 0 atom stereocenters. The van der Waals surface area contributed by atoms with Crippen LogP contribution in [0.25, 0.3) is 17.3 Å². The summed E-state index contributed by atoms with van der Waals surface area (Å²) >= 11 is 0. The minimum Gasteiger partial charge on any atom is -0.463 e. The molecule has 0 spiro atoms. The van der Waals surface area contributed by atoms with E-state index in [1.165, 1.54) is 23.3 Å². The summed E-state index contributed by atoms with van der Waals surface area (Å²) in [6, 6.07) is 5.45. The third kappa shape index (κ3) is 1.71. The molecular formula is C12H8N6O. The van der Waals surface area contributed by atoms with Crippen molar-refractivity contribution in [1.82, 2.24) is 19.7 Å². The van der Waals surface area contributed by atoms with Crippen LogP contribution in [0, 0.1) is 11.3 Å². The molecule has 2 N–H and O–H groups in total. The van der Waals surface area contributed by atoms with Gasteiger partial charge in [0.15, 0.2) is 11.6 Å². The summed E-state index contributed by atoms with van der Waals surface area (Å²) in [7, 11) is 0. The van der Waals surface area contributed by atoms with E-state index in [1.807, 2.05) is 6.07 Å². The Morgan fingerprint density at radius 3 is 2.89 bits per heavy atom. The van der Waals surface area contributed by atoms with E-state index in [-0.39, 0.29) is 11.4 Å². The van der Waals surface area contributed by atoms with E-state index in [0.717, 1.165) is 0 Å². The van der Waals surface area contributed by atoms with Gasteiger partial charge in [0.1, 0.15) is 23.1 Å². The van der Waals surface area contributed by atoms with Crippen molar-refractivity contribution < 1.29 is 4.42 Å². The van der Waals surface area contributed by atoms with Crippen LogP contribution < -0.4 is 5.73 Å². The molecule has 3 aromatic rings. The first-order chi connectivity index (χ1) is 9.31. The fourth-order valence-electron chi connectivity index (χ4n) is 1.70. The molecule has 0 fully saturated rings. The van der Waals surface area contributed by atoms with Gasteiger partial charge in [0.2, 0.25) is 0 Å². The minimum atomic E-state index is 0.203. The molecule has 3 rings (SSSR count). The van der Waals surface area contributed by atoms with E-state index < -0.39 is 0 Å². The Morgan fingerprint density at radius 2 is 2.26 bits per heavy atom. The molecule has 0 amide bonds. The SMILES string of the molecule is N#Cc1c(-c2ccco2)nn(-c2cnccn2)c1N. The average Bonchev–Trinajstić information content (AvgIpc) is 3.07. The Morgan fingerprint density at radius 1 is 1.37 bits per heavy atom. The highest BCUT2D eigenvalue weighted by atomic mass is 16.3. The van der Waals surface area contributed by atoms with Gasteiger partial charge in [-0.3, -0.25) is 4.98 Å². The summed E-state index contributed by atoms with van der Waals surface area (Å²) in [6.45, 7) is 0. The number of furan rings is 1. The number of nitrogens with zero attached hydrogens (tertiary/aromatic N) is 5. The maximum Gasteiger partial charge on any atom is 0.174 e. The van der Waals surface area contributed by atoms with Crippen molar-refractivity contribution in [2.75, 3.05) is 5.73 Å². The van der Waals surface area contributed by atoms with Crippen molar-refractivity contribution in [2.24, 2.45) is 0 Å². The maximum absolute atomic E-state index is 9.20. The smallest absolute Gasteiger partial charge is 0.174 e. The largest absolute Gasteiger partial charge is 0.463 e. The number of rotatable bonds is 2. The Labute approximate surface area is 107 Å². The molecule has 0 unspecified atom stereocenters. The number of hydrogen-bond acceptors (Lipinski definition) is 6. The molecule has 0 aliphatic carbocycles. The lowest BCUT2D eigenvalue weighted by Gasteiger charge is -2.00. The number of hydrogen-bond donors (Lipinski definition) is 1. The zero-order valence-corrected chi connectivity index (χ0v) is 9.69. The summed E-state index contributed by atoms with van der Waals surface area (Å²) in [4.78, 5) is 8.04. The van der Waals surface area contributed by atoms with Crippen molar-refractivity contribution in [2.45, 2.75) is 0 Å². The van der Waals surface area contributed by atoms with Crippen molar-refractivity contribution in [1.29, 1.82) is 5.26 Å². The third-order valence-corrected chi connectivity index (χ3v) is 2.55. The highest BCUT2D eigenvalue weighted by molar-refractivity contribution is 5.70. The van der Waals surface area contributed by atoms with Gasteiger partial charge in [-0.25, -0.2) is 4.98 Å². The normalized spacial score (nSPS) is 10.3. The minimum absolute atomic E-state index is 0.203. The summed E-state index contributed by atoms with van der Waals surface area (Å²) in [5.41, 5.74) is 6.56. The number of nitriles is 1. The first-order valence-electron chi connectivity index (χ1n) is 5.40. The second-order valence-electron chi connectivity index (χ2n) is 3.67. The molecule has 0 aliphatic heterocycles. The molecule has 3 aromatic heterocycles. The Balaban J connectivity index is 2.22. The van der Waals surface area contributed by atoms with E-state index in [1.54, 1.807) is 18.3 Å². The summed E-state index contributed by atoms with van der Waals surface area (Å²) in [5, 5.41) is 13.5. The fourth-order valence-corrected chi connectivity index (χ4v) is 1.70. The van der Waals surface area contributed by atoms with Crippen molar-refractivity contribution >= 4 is 5.82 Å². The molecule has 3 heterocycles. The van der Waals surface area contributed by atoms with Gasteiger partial charge < -0.3 is 10.2 Å². The van der Waals surface area contributed by atoms with Crippen molar-refractivity contribution in [3.05, 3.63) is 42.5 Å². The second kappa shape index (κ2) is 4.27. The first kappa shape index (κ1) is 11.0. The van der Waals surface area contributed by atoms with Gasteiger partial charge in [-0.05, 0) is 12.1 Å². The van der Waals surface area contributed by atoms with E-state index in [9.17, 15) is 5.26 Å². The molecular weight excluding hydrogens is 244 g/mol. The quantitative estimate of drug-likeness (QED) is 0.738. The summed E-state index contributed by atoms with van der Waals surface area (Å²) in [6.07, 6.45) is 6.08. The summed E-state index contributed by atoms with van der Waals surface area (Å²) in [5.74, 6) is 1.12. The predicted molar refractivity (Wildman–Crippen MR) is 66.0 cm³/mol. The van der Waals surface area contributed by atoms with Crippen LogP contribution in [-0.2, 0) is 0 Å². The van der Waals surface area contributed by atoms with Gasteiger partial charge >= 0.3 is 0 Å². The molecule has 19 heavy (non-hydrogen) atoms. The van der Waals surface area contributed by atoms with Crippen LogP contribution in [0.2, 0.25) is 0 Å². The first-order valence-corrected chi connectivity index (χ1v) is 5.40. The Kier molecular flexibility index (Phi) is 2.47. The van der Waals surface area contributed by atoms with Gasteiger partial charge in [-0.15, -0.1) is 0 Å². The van der Waals surface area contributed by atoms with Gasteiger partial charge in [0.05, 0.1) is 12.5 Å². The van der Waals surface area contributed by atoms with Gasteiger partial charge in [-0.1, -0.05) is 0 Å². The van der Waals surface area contributed by atoms with Crippen LogP contribution in [0.3, 0.4) is 0 Å². The zero-order valence-electron chi connectivity index (χ0n) is 9.69. The van der Waals surface area contributed by atoms with E-state index in [4.69, 9.17) is 10.2 Å². The lowest BCUT2D eigenvalue weighted by Crippen LogP contribution is -2.04. The van der Waals surface area contributed by atoms with Crippen LogP contribution in [0.15, 0.2) is 41.4 Å². The van der Waals surface area contributed by atoms with Crippen LogP contribution in [0.5, 0.6) is 0 Å². The van der Waals surface area contributed by atoms with Gasteiger partial charge in [0, 0.05) is 12.4 Å². The molecule has 0 bridgehead atoms. The summed E-state index contributed by atoms with van der Waals surface area (Å²) < 4.78 is 6.61. The van der Waals surface area contributed by atoms with E-state index in [2.05, 4.69) is 15.1 Å². The standard InChI is InChI=1S/C12H8N6O/c13-6-8-11(9-2-1-5-19-9)17-18(12(8)14)10-7-15-3-4-16-10/h1-5,7H,14H2. The number of nitrogen functional groups attached to an aromatic ring is 1. The van der Waals surface area contributed by atoms with Crippen LogP contribution in [-0.4, -0.2) is 19.7 Å². The molecule has 7 heteroatoms. The second-order valence-corrected chi connectivity index (χ2v) is 3.67. The average molecular weight is 252 g/mol. The van der Waals surface area contributed by atoms with E-state index >= 15 is 0 Å². The monoisotopic (exact) mass is 252 g/mol. The van der Waals surface area contributed by atoms with Crippen LogP contribution in [0.1, 0.15) is 5.56 Å². The predicted octanol–water partition coefficient (Wildman–Crippen LogP) is 1.38. The van der Waals surface area contributed by atoms with Crippen molar-refractivity contribution in [3.8, 4) is 23.3 Å². The molecule has 92 valence electrons. The highest BCUT2D eigenvalue weighted by Gasteiger charge is 2.20. The van der Waals surface area contributed by atoms with E-state index in [0.29, 0.717) is 17.3 Å². The Hall–Kier alpha value is -3.14. The van der Waals surface area contributed by atoms with Gasteiger partial charge in [0.25, 0.3) is 0 Å². The lowest BCUT2D eigenvalue weighted by molar-refractivity contribution is 0.578. The number of nitrogens with two attached hydrogens (primary N) is 1. The molecule has 0 radical (unpaired) electrons. The van der Waals surface area contributed by atoms with Gasteiger partial charge in [-0.2, -0.15) is 15.0 Å². The molecule has 7 nitrogen and oxygen atoms in total. The van der Waals surface area contributed by atoms with Crippen molar-refractivity contribution in [3.63, 3.8) is 0 Å². The van der Waals surface area contributed by atoms with Crippen LogP contribution >= 0.6 is 0 Å². The number of anilines is 1.